The summed E-state index contributed by atoms with van der Waals surface area (Å²) in [7, 11) is 0. The molecule has 2 heterocycles. The van der Waals surface area contributed by atoms with Gasteiger partial charge >= 0.3 is 23.6 Å². The number of esters is 3. The molecule has 2 atom stereocenters. The molecule has 39 heavy (non-hydrogen) atoms. The molecule has 1 unspecified atom stereocenters. The van der Waals surface area contributed by atoms with Crippen molar-refractivity contribution in [1.82, 2.24) is 5.06 Å². The third kappa shape index (κ3) is 4.99. The summed E-state index contributed by atoms with van der Waals surface area (Å²) in [4.78, 5) is 57.9. The van der Waals surface area contributed by atoms with Gasteiger partial charge in [0.1, 0.15) is 13.2 Å². The number of hydroxylamine groups is 2. The van der Waals surface area contributed by atoms with Crippen LogP contribution in [0.1, 0.15) is 35.6 Å². The fourth-order valence-corrected chi connectivity index (χ4v) is 4.45. The van der Waals surface area contributed by atoms with Gasteiger partial charge in [-0.1, -0.05) is 91.0 Å². The normalized spacial score (nSPS) is 22.6. The van der Waals surface area contributed by atoms with Gasteiger partial charge in [0.15, 0.2) is 6.10 Å². The van der Waals surface area contributed by atoms with E-state index in [2.05, 4.69) is 0 Å². The highest BCUT2D eigenvalue weighted by molar-refractivity contribution is 6.09. The van der Waals surface area contributed by atoms with Crippen molar-refractivity contribution in [3.05, 3.63) is 108 Å². The minimum absolute atomic E-state index is 0.121. The van der Waals surface area contributed by atoms with Crippen molar-refractivity contribution >= 4 is 23.8 Å². The molecule has 0 aliphatic carbocycles. The number of nitrogens with two attached hydrogens (primary N) is 1. The van der Waals surface area contributed by atoms with Crippen LogP contribution in [-0.2, 0) is 44.8 Å². The van der Waals surface area contributed by atoms with Crippen LogP contribution >= 0.6 is 0 Å². The molecule has 3 aromatic rings. The molecular weight excluding hydrogens is 504 g/mol. The predicted octanol–water partition coefficient (Wildman–Crippen LogP) is 2.57. The minimum atomic E-state index is -2.27. The molecule has 200 valence electrons. The Hall–Kier alpha value is -4.54. The lowest BCUT2D eigenvalue weighted by molar-refractivity contribution is -0.260. The number of nitrogens with zero attached hydrogens (tertiary/aromatic N) is 1. The van der Waals surface area contributed by atoms with Crippen LogP contribution in [0.2, 0.25) is 0 Å². The van der Waals surface area contributed by atoms with Gasteiger partial charge in [0, 0.05) is 6.42 Å². The van der Waals surface area contributed by atoms with Crippen molar-refractivity contribution in [3.8, 4) is 0 Å². The Balaban J connectivity index is 1.40. The van der Waals surface area contributed by atoms with Crippen LogP contribution in [0.25, 0.3) is 0 Å². The summed E-state index contributed by atoms with van der Waals surface area (Å²) in [5.74, 6) is -3.90. The number of ether oxygens (including phenoxy) is 3. The second kappa shape index (κ2) is 10.7. The maximum Gasteiger partial charge on any atom is 0.376 e. The van der Waals surface area contributed by atoms with Crippen molar-refractivity contribution in [3.63, 3.8) is 0 Å². The Morgan fingerprint density at radius 2 is 1.44 bits per heavy atom. The molecule has 2 saturated heterocycles. The average Bonchev–Trinajstić information content (AvgIpc) is 3.52. The summed E-state index contributed by atoms with van der Waals surface area (Å²) in [6, 6.07) is 26.8. The Kier molecular flexibility index (Phi) is 7.14. The molecule has 2 fully saturated rings. The van der Waals surface area contributed by atoms with Crippen LogP contribution < -0.4 is 5.73 Å². The smallest absolute Gasteiger partial charge is 0.376 e. The topological polar surface area (TPSA) is 134 Å². The highest BCUT2D eigenvalue weighted by Crippen LogP contribution is 2.39. The molecule has 0 aromatic heterocycles. The summed E-state index contributed by atoms with van der Waals surface area (Å²) < 4.78 is 16.6. The van der Waals surface area contributed by atoms with E-state index < -0.39 is 47.8 Å². The van der Waals surface area contributed by atoms with Gasteiger partial charge in [-0.25, -0.2) is 9.59 Å². The van der Waals surface area contributed by atoms with Gasteiger partial charge in [0.05, 0.1) is 6.42 Å². The van der Waals surface area contributed by atoms with Crippen molar-refractivity contribution in [2.75, 3.05) is 6.61 Å². The minimum Gasteiger partial charge on any atom is -0.459 e. The second-order valence-electron chi connectivity index (χ2n) is 9.27. The predicted molar refractivity (Wildman–Crippen MR) is 135 cm³/mol. The molecule has 2 aliphatic rings. The fraction of sp³-hybridized carbons (Fsp3) is 0.241. The van der Waals surface area contributed by atoms with Crippen LogP contribution in [0.3, 0.4) is 0 Å². The van der Waals surface area contributed by atoms with E-state index in [1.165, 1.54) is 0 Å². The lowest BCUT2D eigenvalue weighted by Gasteiger charge is -2.34. The zero-order chi connectivity index (χ0) is 27.5. The summed E-state index contributed by atoms with van der Waals surface area (Å²) >= 11 is 0. The van der Waals surface area contributed by atoms with Gasteiger partial charge in [-0.2, -0.15) is 5.06 Å². The SMILES string of the molecule is N[C@@]1(C(=O)OCc2ccccc2)CON(C2(C(=O)OC(c3ccccc3)c3ccccc3)CCC(=O)O2)C1=O. The third-order valence-electron chi connectivity index (χ3n) is 6.59. The standard InChI is InChI=1S/C29H26N2O8/c30-28(26(34)36-18-20-10-4-1-5-11-20)19-37-31(25(28)33)29(17-16-23(32)39-29)27(35)38-24(21-12-6-2-7-13-21)22-14-8-3-9-15-22/h1-15,24H,16-19,30H2/t28-,29?/m0/s1. The van der Waals surface area contributed by atoms with Crippen LogP contribution in [0.15, 0.2) is 91.0 Å². The van der Waals surface area contributed by atoms with E-state index in [9.17, 15) is 19.2 Å². The first-order valence-corrected chi connectivity index (χ1v) is 12.3. The maximum absolute atomic E-state index is 13.8. The average molecular weight is 531 g/mol. The van der Waals surface area contributed by atoms with Crippen LogP contribution in [0, 0.1) is 0 Å². The second-order valence-corrected chi connectivity index (χ2v) is 9.27. The van der Waals surface area contributed by atoms with Gasteiger partial charge in [-0.15, -0.1) is 0 Å². The molecule has 10 heteroatoms. The van der Waals surface area contributed by atoms with Crippen molar-refractivity contribution in [2.45, 2.75) is 36.8 Å². The van der Waals surface area contributed by atoms with Crippen molar-refractivity contribution < 1.29 is 38.2 Å². The highest BCUT2D eigenvalue weighted by Gasteiger charge is 2.65. The third-order valence-corrected chi connectivity index (χ3v) is 6.59. The molecule has 0 radical (unpaired) electrons. The molecule has 1 amide bonds. The van der Waals surface area contributed by atoms with E-state index in [4.69, 9.17) is 24.8 Å². The summed E-state index contributed by atoms with van der Waals surface area (Å²) in [6.45, 7) is -0.739. The van der Waals surface area contributed by atoms with Crippen molar-refractivity contribution in [1.29, 1.82) is 0 Å². The van der Waals surface area contributed by atoms with Gasteiger partial charge in [0.25, 0.3) is 5.91 Å². The van der Waals surface area contributed by atoms with Gasteiger partial charge < -0.3 is 19.9 Å². The Morgan fingerprint density at radius 1 is 0.872 bits per heavy atom. The van der Waals surface area contributed by atoms with Crippen LogP contribution in [0.5, 0.6) is 0 Å². The van der Waals surface area contributed by atoms with Crippen molar-refractivity contribution in [2.24, 2.45) is 5.73 Å². The lowest BCUT2D eigenvalue weighted by atomic mass is 9.99. The van der Waals surface area contributed by atoms with Gasteiger partial charge in [0.2, 0.25) is 5.54 Å². The number of carbonyl (C=O) groups excluding carboxylic acids is 4. The monoisotopic (exact) mass is 530 g/mol. The molecule has 2 aliphatic heterocycles. The van der Waals surface area contributed by atoms with E-state index in [1.807, 2.05) is 18.2 Å². The van der Waals surface area contributed by atoms with E-state index in [0.717, 1.165) is 0 Å². The molecular formula is C29H26N2O8. The molecule has 0 spiro atoms. The Labute approximate surface area is 224 Å². The first-order chi connectivity index (χ1) is 18.8. The van der Waals surface area contributed by atoms with Crippen LogP contribution in [-0.4, -0.2) is 46.7 Å². The number of hydrogen-bond donors (Lipinski definition) is 1. The molecule has 0 bridgehead atoms. The van der Waals surface area contributed by atoms with E-state index in [0.29, 0.717) is 21.8 Å². The highest BCUT2D eigenvalue weighted by atomic mass is 16.8. The van der Waals surface area contributed by atoms with E-state index >= 15 is 0 Å². The van der Waals surface area contributed by atoms with Gasteiger partial charge in [-0.05, 0) is 16.7 Å². The summed E-state index contributed by atoms with van der Waals surface area (Å²) in [5, 5.41) is 0.553. The fourth-order valence-electron chi connectivity index (χ4n) is 4.45. The number of amides is 1. The van der Waals surface area contributed by atoms with E-state index in [-0.39, 0.29) is 19.4 Å². The number of carbonyl (C=O) groups is 4. The zero-order valence-corrected chi connectivity index (χ0v) is 20.9. The molecule has 10 nitrogen and oxygen atoms in total. The molecule has 3 aromatic carbocycles. The zero-order valence-electron chi connectivity index (χ0n) is 20.9. The summed E-state index contributed by atoms with van der Waals surface area (Å²) in [5.41, 5.74) is 3.64. The largest absolute Gasteiger partial charge is 0.459 e. The number of benzene rings is 3. The van der Waals surface area contributed by atoms with Gasteiger partial charge in [-0.3, -0.25) is 14.4 Å². The first-order valence-electron chi connectivity index (χ1n) is 12.3. The first kappa shape index (κ1) is 26.1. The lowest BCUT2D eigenvalue weighted by Crippen LogP contribution is -2.62. The Bertz CT molecular complexity index is 1330. The molecule has 5 rings (SSSR count). The maximum atomic E-state index is 13.8. The van der Waals surface area contributed by atoms with Crippen LogP contribution in [0.4, 0.5) is 0 Å². The number of rotatable bonds is 8. The number of cyclic esters (lactones) is 1. The molecule has 0 saturated carbocycles. The van der Waals surface area contributed by atoms with E-state index in [1.54, 1.807) is 72.8 Å². The summed E-state index contributed by atoms with van der Waals surface area (Å²) in [6.07, 6.45) is -1.31. The molecule has 2 N–H and O–H groups in total. The quantitative estimate of drug-likeness (QED) is 0.265. The number of hydrogen-bond acceptors (Lipinski definition) is 9. The Morgan fingerprint density at radius 3 is 1.97 bits per heavy atom.